The SMILES string of the molecule is CN[C@@H](C)C(=O)N[C@H](C(=O)N1C[C@@H]2C[C@H]1C(=O)N[C@@H](Cc1ccc3ccccc3c1)C(=O)C[C@H](C(=O)O)Cc1ccc(cc1)OCc1cn(nn1)[C@H]1C[C@@H](C(=O)N[C@@H](Cc3ccc4ccccc4c3)C(=O)N[C@H](C(=O)NCc3ccc(-c4nnn[nH]4)cc3)Cc3ccc(cc3)OCc3cn2nn3)N(C(=O)[C@@H](NC(=O)[C@H](C)NC)C(C)(C)C)C1)C(C)(C)C. The van der Waals surface area contributed by atoms with Crippen molar-refractivity contribution in [2.45, 2.75) is 187 Å². The Morgan fingerprint density at radius 1 is 0.533 bits per heavy atom. The summed E-state index contributed by atoms with van der Waals surface area (Å²) in [5.74, 6) is -6.63. The number of likely N-dealkylation sites (N-methyl/N-ethyl adjacent to an activating group) is 2. The second kappa shape index (κ2) is 38.1. The molecule has 2 fully saturated rings. The van der Waals surface area contributed by atoms with Crippen molar-refractivity contribution in [1.82, 2.24) is 103 Å². The number of aliphatic carboxylic acids is 1. The van der Waals surface area contributed by atoms with E-state index < -0.39 is 149 Å². The number of ketones is 1. The highest BCUT2D eigenvalue weighted by Gasteiger charge is 2.49. The number of fused-ring (bicyclic) bond motifs is 2. The highest BCUT2D eigenvalue weighted by atomic mass is 16.5. The summed E-state index contributed by atoms with van der Waals surface area (Å²) in [6, 6.07) is 35.9. The van der Waals surface area contributed by atoms with E-state index in [1.807, 2.05) is 84.9 Å². The predicted octanol–water partition coefficient (Wildman–Crippen LogP) is 5.79. The van der Waals surface area contributed by atoms with E-state index in [0.717, 1.165) is 21.5 Å². The van der Waals surface area contributed by atoms with Crippen molar-refractivity contribution in [3.05, 3.63) is 209 Å². The molecule has 0 saturated carbocycles. The molecule has 0 unspecified atom stereocenters. The normalized spacial score (nSPS) is 20.7. The quantitative estimate of drug-likeness (QED) is 0.0515. The molecule has 0 spiro atoms. The van der Waals surface area contributed by atoms with E-state index >= 15 is 28.8 Å². The highest BCUT2D eigenvalue weighted by molar-refractivity contribution is 5.99. The molecule has 7 aromatic carbocycles. The summed E-state index contributed by atoms with van der Waals surface area (Å²) in [5.41, 5.74) is 2.83. The molecule has 10 aromatic rings. The lowest BCUT2D eigenvalue weighted by atomic mass is 9.85. The van der Waals surface area contributed by atoms with E-state index in [9.17, 15) is 24.3 Å². The van der Waals surface area contributed by atoms with Crippen molar-refractivity contribution < 1.29 is 62.5 Å². The Morgan fingerprint density at radius 2 is 0.992 bits per heavy atom. The van der Waals surface area contributed by atoms with Gasteiger partial charge >= 0.3 is 5.97 Å². The summed E-state index contributed by atoms with van der Waals surface area (Å²) in [4.78, 5) is 151. The molecule has 0 aliphatic carbocycles. The number of hydrogen-bond donors (Lipinski definition) is 10. The average molecular weight is 1660 g/mol. The van der Waals surface area contributed by atoms with Crippen molar-refractivity contribution in [3.8, 4) is 22.9 Å². The summed E-state index contributed by atoms with van der Waals surface area (Å²) in [6.07, 6.45) is 2.44. The molecule has 9 heterocycles. The molecule has 2 saturated heterocycles. The van der Waals surface area contributed by atoms with E-state index in [1.165, 1.54) is 9.80 Å². The van der Waals surface area contributed by atoms with Gasteiger partial charge in [0, 0.05) is 57.3 Å². The van der Waals surface area contributed by atoms with Crippen LogP contribution in [0.15, 0.2) is 170 Å². The Balaban J connectivity index is 0.844. The first-order chi connectivity index (χ1) is 58.4. The number of nitrogens with one attached hydrogen (secondary N) is 9. The smallest absolute Gasteiger partial charge is 0.307 e. The average Bonchev–Trinajstić information content (AvgIpc) is 1.63. The maximum absolute atomic E-state index is 15.7. The lowest BCUT2D eigenvalue weighted by molar-refractivity contribution is -0.145. The first-order valence-corrected chi connectivity index (χ1v) is 41.0. The molecule has 12 bridgehead atoms. The third-order valence-corrected chi connectivity index (χ3v) is 22.9. The Hall–Kier alpha value is -13.2. The number of rotatable bonds is 17. The number of aromatic nitrogens is 10. The van der Waals surface area contributed by atoms with E-state index in [-0.39, 0.29) is 71.4 Å². The monoisotopic (exact) mass is 1660 g/mol. The molecule has 16 rings (SSSR count). The predicted molar refractivity (Wildman–Crippen MR) is 450 cm³/mol. The van der Waals surface area contributed by atoms with Crippen LogP contribution in [-0.2, 0) is 93.4 Å². The number of amides is 8. The molecule has 10 N–H and O–H groups in total. The first kappa shape index (κ1) is 86.7. The number of hydrogen-bond acceptors (Lipinski definition) is 21. The van der Waals surface area contributed by atoms with Gasteiger partial charge in [-0.1, -0.05) is 185 Å². The zero-order valence-corrected chi connectivity index (χ0v) is 69.8. The van der Waals surface area contributed by atoms with Crippen LogP contribution in [0.2, 0.25) is 0 Å². The van der Waals surface area contributed by atoms with Gasteiger partial charge in [0.05, 0.1) is 48.5 Å². The van der Waals surface area contributed by atoms with Crippen molar-refractivity contribution in [1.29, 1.82) is 0 Å². The van der Waals surface area contributed by atoms with Crippen LogP contribution in [0.5, 0.6) is 11.5 Å². The minimum absolute atomic E-state index is 0.0236. The molecular weight excluding hydrogens is 1560 g/mol. The first-order valence-electron chi connectivity index (χ1n) is 41.0. The molecule has 122 heavy (non-hydrogen) atoms. The number of aromatic amines is 1. The molecule has 6 aliphatic heterocycles. The number of ether oxygens (including phenoxy) is 2. The fraction of sp³-hybridized carbons (Fsp3) is 0.404. The Morgan fingerprint density at radius 3 is 1.45 bits per heavy atom. The number of carboxylic acids is 1. The van der Waals surface area contributed by atoms with Crippen LogP contribution in [0.4, 0.5) is 0 Å². The number of benzene rings is 7. The second-order valence-corrected chi connectivity index (χ2v) is 33.9. The molecule has 6 aliphatic rings. The summed E-state index contributed by atoms with van der Waals surface area (Å²) in [6.45, 7) is 13.8. The van der Waals surface area contributed by atoms with Gasteiger partial charge in [-0.3, -0.25) is 47.9 Å². The molecule has 3 aromatic heterocycles. The third-order valence-electron chi connectivity index (χ3n) is 22.9. The highest BCUT2D eigenvalue weighted by Crippen LogP contribution is 2.35. The summed E-state index contributed by atoms with van der Waals surface area (Å²) >= 11 is 0. The number of likely N-dealkylation sites (tertiary alicyclic amines) is 2. The minimum atomic E-state index is -1.38. The van der Waals surface area contributed by atoms with Crippen LogP contribution in [0, 0.1) is 16.7 Å². The lowest BCUT2D eigenvalue weighted by Gasteiger charge is -2.36. The maximum atomic E-state index is 15.7. The van der Waals surface area contributed by atoms with Gasteiger partial charge in [0.1, 0.15) is 72.4 Å². The second-order valence-electron chi connectivity index (χ2n) is 33.9. The van der Waals surface area contributed by atoms with Gasteiger partial charge < -0.3 is 66.9 Å². The van der Waals surface area contributed by atoms with Crippen molar-refractivity contribution in [2.24, 2.45) is 16.7 Å². The standard InChI is InChI=1S/C89H104N20O13/c1-51(90-9)79(111)96-76(88(3,4)5)85(117)106-47-66-42-73(106)83(115)93-70(39-56-21-27-58-15-11-13-17-61(58)36-56)75(110)41-63(87(119)120)35-53-23-31-68(32-24-53)121-49-64-46-109(105-98-64)67-43-74(107(48-67)86(118)77(89(6,7)8)97-80(112)52(2)91-10)84(116)95-72(40-57-22-28-59-16-12-14-18-62(59)37-57)82(114)94-71(38-54-25-33-69(34-26-54)122-50-65-45-108(66)104-99-65)81(113)92-44-55-19-29-60(30-20-55)78-100-102-103-101-78/h11-34,36-37,45-46,51-52,63,66-67,70-74,76-77,90-91H,35,38-44,47-50H2,1-10H3,(H,92,113)(H,93,115)(H,94,114)(H,95,116)(H,96,111)(H,97,112)(H,119,120)(H,100,101,102,103)/t51-,52-,63+,66-,67-,70-,71-,72-,73-,74-,76+,77+/m0/s1. The molecular formula is C89H104N20O13. The minimum Gasteiger partial charge on any atom is -0.487 e. The number of carbonyl (C=O) groups is 10. The largest absolute Gasteiger partial charge is 0.487 e. The Bertz CT molecular complexity index is 5430. The Kier molecular flexibility index (Phi) is 27.0. The number of nitrogens with zero attached hydrogens (tertiary/aromatic N) is 11. The van der Waals surface area contributed by atoms with Crippen LogP contribution in [0.25, 0.3) is 32.9 Å². The molecule has 638 valence electrons. The molecule has 8 amide bonds. The van der Waals surface area contributed by atoms with Crippen molar-refractivity contribution in [3.63, 3.8) is 0 Å². The number of carboxylic acid groups (broad SMARTS) is 1. The maximum Gasteiger partial charge on any atom is 0.307 e. The van der Waals surface area contributed by atoms with Crippen molar-refractivity contribution in [2.75, 3.05) is 27.2 Å². The summed E-state index contributed by atoms with van der Waals surface area (Å²) in [7, 11) is 3.24. The third kappa shape index (κ3) is 21.3. The van der Waals surface area contributed by atoms with Crippen LogP contribution < -0.4 is 52.0 Å². The van der Waals surface area contributed by atoms with Gasteiger partial charge in [0.2, 0.25) is 47.3 Å². The topological polar surface area (TPSA) is 428 Å². The fourth-order valence-corrected chi connectivity index (χ4v) is 15.5. The fourth-order valence-electron chi connectivity index (χ4n) is 15.5. The number of tetrazole rings is 1. The van der Waals surface area contributed by atoms with Crippen molar-refractivity contribution >= 4 is 80.6 Å². The summed E-state index contributed by atoms with van der Waals surface area (Å²) in [5, 5.41) is 70.3. The number of Topliss-reactive ketones (excluding diaryl/α,β-unsaturated/α-hetero) is 1. The molecule has 12 atom stereocenters. The zero-order valence-electron chi connectivity index (χ0n) is 69.8. The summed E-state index contributed by atoms with van der Waals surface area (Å²) < 4.78 is 15.7. The van der Waals surface area contributed by atoms with E-state index in [2.05, 4.69) is 83.8 Å². The van der Waals surface area contributed by atoms with Crippen LogP contribution in [-0.4, -0.2) is 206 Å². The van der Waals surface area contributed by atoms with E-state index in [4.69, 9.17) is 9.47 Å². The Labute approximate surface area is 705 Å². The van der Waals surface area contributed by atoms with Gasteiger partial charge in [0.15, 0.2) is 11.6 Å². The molecule has 33 nitrogen and oxygen atoms in total. The van der Waals surface area contributed by atoms with E-state index in [1.54, 1.807) is 164 Å². The van der Waals surface area contributed by atoms with Gasteiger partial charge in [-0.05, 0) is 136 Å². The van der Waals surface area contributed by atoms with Crippen LogP contribution in [0.1, 0.15) is 126 Å². The lowest BCUT2D eigenvalue weighted by Crippen LogP contribution is -2.61. The van der Waals surface area contributed by atoms with Gasteiger partial charge in [-0.25, -0.2) is 14.5 Å². The molecule has 33 heteroatoms. The van der Waals surface area contributed by atoms with Gasteiger partial charge in [-0.2, -0.15) is 0 Å². The number of carbonyl (C=O) groups excluding carboxylic acids is 9. The van der Waals surface area contributed by atoms with Gasteiger partial charge in [0.25, 0.3) is 0 Å². The van der Waals surface area contributed by atoms with Gasteiger partial charge in [-0.15, -0.1) is 15.3 Å². The molecule has 0 radical (unpaired) electrons. The van der Waals surface area contributed by atoms with Crippen LogP contribution >= 0.6 is 0 Å². The van der Waals surface area contributed by atoms with E-state index in [0.29, 0.717) is 62.1 Å². The number of H-pyrrole nitrogens is 1. The zero-order chi connectivity index (χ0) is 86.7. The van der Waals surface area contributed by atoms with Crippen LogP contribution in [0.3, 0.4) is 0 Å².